The van der Waals surface area contributed by atoms with E-state index < -0.39 is 5.97 Å². The first kappa shape index (κ1) is 14.7. The monoisotopic (exact) mass is 284 g/mol. The number of carboxylic acids is 1. The lowest BCUT2D eigenvalue weighted by atomic mass is 10.1. The van der Waals surface area contributed by atoms with Gasteiger partial charge in [-0.2, -0.15) is 0 Å². The summed E-state index contributed by atoms with van der Waals surface area (Å²) in [4.78, 5) is 27.2. The van der Waals surface area contributed by atoms with Gasteiger partial charge in [-0.3, -0.25) is 4.79 Å². The number of hydrogen-bond donors (Lipinski definition) is 2. The van der Waals surface area contributed by atoms with Crippen LogP contribution in [-0.2, 0) is 0 Å². The average molecular weight is 284 g/mol. The normalized spacial score (nSPS) is 10.2. The van der Waals surface area contributed by atoms with E-state index in [2.05, 4.69) is 10.3 Å². The molecule has 1 heterocycles. The lowest BCUT2D eigenvalue weighted by molar-refractivity contribution is 0.0695. The highest BCUT2D eigenvalue weighted by atomic mass is 16.4. The molecule has 2 N–H and O–H groups in total. The van der Waals surface area contributed by atoms with Crippen LogP contribution in [0.3, 0.4) is 0 Å². The van der Waals surface area contributed by atoms with Crippen molar-refractivity contribution in [2.75, 3.05) is 5.32 Å². The Bertz CT molecular complexity index is 723. The molecule has 1 aromatic heterocycles. The van der Waals surface area contributed by atoms with Crippen LogP contribution in [0.4, 0.5) is 5.69 Å². The number of benzene rings is 1. The zero-order valence-corrected chi connectivity index (χ0v) is 12.1. The molecular formula is C16H16N2O3. The molecule has 0 unspecified atom stereocenters. The first-order chi connectivity index (χ1) is 9.90. The van der Waals surface area contributed by atoms with Gasteiger partial charge in [-0.1, -0.05) is 12.1 Å². The van der Waals surface area contributed by atoms with E-state index in [4.69, 9.17) is 5.11 Å². The summed E-state index contributed by atoms with van der Waals surface area (Å²) in [7, 11) is 0. The van der Waals surface area contributed by atoms with Gasteiger partial charge < -0.3 is 10.4 Å². The lowest BCUT2D eigenvalue weighted by Gasteiger charge is -2.10. The van der Waals surface area contributed by atoms with Crippen LogP contribution in [-0.4, -0.2) is 22.0 Å². The van der Waals surface area contributed by atoms with Gasteiger partial charge in [0, 0.05) is 5.69 Å². The Hall–Kier alpha value is -2.69. The molecule has 0 atom stereocenters. The van der Waals surface area contributed by atoms with Crippen LogP contribution in [0.2, 0.25) is 0 Å². The van der Waals surface area contributed by atoms with E-state index in [0.717, 1.165) is 16.8 Å². The molecule has 2 aromatic rings. The summed E-state index contributed by atoms with van der Waals surface area (Å²) in [5.74, 6) is -1.41. The summed E-state index contributed by atoms with van der Waals surface area (Å²) in [6, 6.07) is 8.46. The molecule has 0 radical (unpaired) electrons. The van der Waals surface area contributed by atoms with E-state index in [1.165, 1.54) is 12.1 Å². The van der Waals surface area contributed by atoms with E-state index in [-0.39, 0.29) is 17.2 Å². The Morgan fingerprint density at radius 2 is 1.81 bits per heavy atom. The van der Waals surface area contributed by atoms with Crippen LogP contribution < -0.4 is 5.32 Å². The number of anilines is 1. The molecule has 0 aliphatic carbocycles. The van der Waals surface area contributed by atoms with E-state index >= 15 is 0 Å². The maximum atomic E-state index is 12.2. The highest BCUT2D eigenvalue weighted by Crippen LogP contribution is 2.18. The molecule has 0 spiro atoms. The smallest absolute Gasteiger partial charge is 0.337 e. The quantitative estimate of drug-likeness (QED) is 0.908. The highest BCUT2D eigenvalue weighted by molar-refractivity contribution is 6.03. The summed E-state index contributed by atoms with van der Waals surface area (Å²) >= 11 is 0. The second-order valence-electron chi connectivity index (χ2n) is 4.84. The number of nitrogens with one attached hydrogen (secondary N) is 1. The van der Waals surface area contributed by atoms with E-state index in [0.29, 0.717) is 5.69 Å². The van der Waals surface area contributed by atoms with Crippen LogP contribution >= 0.6 is 0 Å². The van der Waals surface area contributed by atoms with Crippen molar-refractivity contribution >= 4 is 17.6 Å². The first-order valence-electron chi connectivity index (χ1n) is 6.48. The van der Waals surface area contributed by atoms with Crippen LogP contribution in [0.15, 0.2) is 30.3 Å². The van der Waals surface area contributed by atoms with Crippen LogP contribution in [0.5, 0.6) is 0 Å². The summed E-state index contributed by atoms with van der Waals surface area (Å²) in [5, 5.41) is 11.8. The summed E-state index contributed by atoms with van der Waals surface area (Å²) in [5.41, 5.74) is 3.40. The third-order valence-corrected chi connectivity index (χ3v) is 3.40. The number of hydrogen-bond acceptors (Lipinski definition) is 3. The van der Waals surface area contributed by atoms with Crippen LogP contribution in [0.1, 0.15) is 37.7 Å². The number of aromatic carboxylic acids is 1. The summed E-state index contributed by atoms with van der Waals surface area (Å²) < 4.78 is 0. The van der Waals surface area contributed by atoms with Crippen molar-refractivity contribution in [3.63, 3.8) is 0 Å². The Labute approximate surface area is 122 Å². The maximum absolute atomic E-state index is 12.2. The molecule has 0 aliphatic heterocycles. The molecule has 108 valence electrons. The number of pyridine rings is 1. The number of carbonyl (C=O) groups is 2. The first-order valence-corrected chi connectivity index (χ1v) is 6.48. The number of aromatic nitrogens is 1. The number of amides is 1. The molecular weight excluding hydrogens is 268 g/mol. The molecule has 0 aliphatic rings. The van der Waals surface area contributed by atoms with Gasteiger partial charge in [-0.05, 0) is 50.1 Å². The van der Waals surface area contributed by atoms with Gasteiger partial charge in [-0.15, -0.1) is 0 Å². The molecule has 0 saturated carbocycles. The Balaban J connectivity index is 2.27. The summed E-state index contributed by atoms with van der Waals surface area (Å²) in [6.45, 7) is 5.46. The highest BCUT2D eigenvalue weighted by Gasteiger charge is 2.14. The van der Waals surface area contributed by atoms with Gasteiger partial charge in [0.05, 0.1) is 11.3 Å². The predicted molar refractivity (Wildman–Crippen MR) is 79.8 cm³/mol. The zero-order valence-electron chi connectivity index (χ0n) is 12.1. The Morgan fingerprint density at radius 1 is 1.10 bits per heavy atom. The molecule has 5 heteroatoms. The molecule has 1 amide bonds. The van der Waals surface area contributed by atoms with E-state index in [9.17, 15) is 9.59 Å². The minimum Gasteiger partial charge on any atom is -0.478 e. The van der Waals surface area contributed by atoms with Crippen LogP contribution in [0.25, 0.3) is 0 Å². The SMILES string of the molecule is Cc1cccc(NC(=O)c2ccc(C(=O)O)c(C)n2)c1C. The summed E-state index contributed by atoms with van der Waals surface area (Å²) in [6.07, 6.45) is 0. The molecule has 0 fully saturated rings. The molecule has 21 heavy (non-hydrogen) atoms. The second kappa shape index (κ2) is 5.75. The minimum absolute atomic E-state index is 0.0956. The molecule has 2 rings (SSSR count). The number of nitrogens with zero attached hydrogens (tertiary/aromatic N) is 1. The van der Waals surface area contributed by atoms with Crippen molar-refractivity contribution in [3.05, 3.63) is 58.4 Å². The Kier molecular flexibility index (Phi) is 4.03. The van der Waals surface area contributed by atoms with Crippen molar-refractivity contribution in [2.45, 2.75) is 20.8 Å². The molecule has 0 saturated heterocycles. The minimum atomic E-state index is -1.05. The topological polar surface area (TPSA) is 79.3 Å². The fourth-order valence-corrected chi connectivity index (χ4v) is 1.99. The average Bonchev–Trinajstić information content (AvgIpc) is 2.43. The number of carbonyl (C=O) groups excluding carboxylic acids is 1. The fourth-order valence-electron chi connectivity index (χ4n) is 1.99. The van der Waals surface area contributed by atoms with Crippen molar-refractivity contribution in [1.29, 1.82) is 0 Å². The predicted octanol–water partition coefficient (Wildman–Crippen LogP) is 2.96. The van der Waals surface area contributed by atoms with Crippen molar-refractivity contribution in [1.82, 2.24) is 4.98 Å². The van der Waals surface area contributed by atoms with Crippen LogP contribution in [0, 0.1) is 20.8 Å². The number of aryl methyl sites for hydroxylation is 2. The third-order valence-electron chi connectivity index (χ3n) is 3.40. The van der Waals surface area contributed by atoms with Crippen molar-refractivity contribution < 1.29 is 14.7 Å². The number of rotatable bonds is 3. The number of carboxylic acid groups (broad SMARTS) is 1. The zero-order chi connectivity index (χ0) is 15.6. The lowest BCUT2D eigenvalue weighted by Crippen LogP contribution is -2.16. The van der Waals surface area contributed by atoms with Gasteiger partial charge in [0.25, 0.3) is 5.91 Å². The van der Waals surface area contributed by atoms with Gasteiger partial charge in [0.1, 0.15) is 5.69 Å². The van der Waals surface area contributed by atoms with E-state index in [1.807, 2.05) is 32.0 Å². The fraction of sp³-hybridized carbons (Fsp3) is 0.188. The maximum Gasteiger partial charge on any atom is 0.337 e. The van der Waals surface area contributed by atoms with E-state index in [1.54, 1.807) is 6.92 Å². The van der Waals surface area contributed by atoms with Gasteiger partial charge in [-0.25, -0.2) is 9.78 Å². The molecule has 5 nitrogen and oxygen atoms in total. The van der Waals surface area contributed by atoms with Gasteiger partial charge >= 0.3 is 5.97 Å². The standard InChI is InChI=1S/C16H16N2O3/c1-9-5-4-6-13(10(9)2)18-15(19)14-8-7-12(16(20)21)11(3)17-14/h4-8H,1-3H3,(H,18,19)(H,20,21). The third kappa shape index (κ3) is 3.08. The Morgan fingerprint density at radius 3 is 2.43 bits per heavy atom. The molecule has 1 aromatic carbocycles. The largest absolute Gasteiger partial charge is 0.478 e. The van der Waals surface area contributed by atoms with Gasteiger partial charge in [0.15, 0.2) is 0 Å². The van der Waals surface area contributed by atoms with Crippen molar-refractivity contribution in [3.8, 4) is 0 Å². The van der Waals surface area contributed by atoms with Crippen molar-refractivity contribution in [2.24, 2.45) is 0 Å². The van der Waals surface area contributed by atoms with Gasteiger partial charge in [0.2, 0.25) is 0 Å². The second-order valence-corrected chi connectivity index (χ2v) is 4.84. The molecule has 0 bridgehead atoms.